The zero-order valence-electron chi connectivity index (χ0n) is 12.3. The van der Waals surface area contributed by atoms with Gasteiger partial charge in [0.1, 0.15) is 5.82 Å². The summed E-state index contributed by atoms with van der Waals surface area (Å²) in [4.78, 5) is 4.58. The molecule has 0 aliphatic heterocycles. The average Bonchev–Trinajstić information content (AvgIpc) is 2.92. The van der Waals surface area contributed by atoms with E-state index in [1.54, 1.807) is 0 Å². The normalized spacial score (nSPS) is 11.4. The number of imidazole rings is 1. The van der Waals surface area contributed by atoms with Gasteiger partial charge >= 0.3 is 0 Å². The van der Waals surface area contributed by atoms with Crippen LogP contribution in [0.4, 0.5) is 0 Å². The number of nitrogens with one attached hydrogen (secondary N) is 1. The predicted octanol–water partition coefficient (Wildman–Crippen LogP) is 2.00. The Labute approximate surface area is 118 Å². The van der Waals surface area contributed by atoms with Crippen molar-refractivity contribution in [3.63, 3.8) is 0 Å². The maximum Gasteiger partial charge on any atom is 0.106 e. The molecule has 104 valence electrons. The molecule has 0 bridgehead atoms. The van der Waals surface area contributed by atoms with Crippen LogP contribution in [0.2, 0.25) is 0 Å². The van der Waals surface area contributed by atoms with Gasteiger partial charge in [-0.05, 0) is 32.2 Å². The summed E-state index contributed by atoms with van der Waals surface area (Å²) >= 11 is 0. The molecule has 5 heteroatoms. The Kier molecular flexibility index (Phi) is 3.06. The minimum absolute atomic E-state index is 0.814. The van der Waals surface area contributed by atoms with Crippen molar-refractivity contribution >= 4 is 11.0 Å². The van der Waals surface area contributed by atoms with E-state index < -0.39 is 0 Å². The quantitative estimate of drug-likeness (QED) is 0.791. The molecule has 1 N–H and O–H groups in total. The minimum atomic E-state index is 0.814. The van der Waals surface area contributed by atoms with Crippen molar-refractivity contribution in [2.24, 2.45) is 14.1 Å². The Morgan fingerprint density at radius 2 is 2.00 bits per heavy atom. The number of aromatic nitrogens is 4. The fourth-order valence-corrected chi connectivity index (χ4v) is 2.47. The summed E-state index contributed by atoms with van der Waals surface area (Å²) in [5.41, 5.74) is 5.43. The number of nitrogens with zero attached hydrogens (tertiary/aromatic N) is 4. The van der Waals surface area contributed by atoms with Crippen LogP contribution in [0.5, 0.6) is 0 Å². The van der Waals surface area contributed by atoms with E-state index >= 15 is 0 Å². The van der Waals surface area contributed by atoms with Gasteiger partial charge in [-0.15, -0.1) is 0 Å². The smallest absolute Gasteiger partial charge is 0.106 e. The molecule has 0 unspecified atom stereocenters. The fourth-order valence-electron chi connectivity index (χ4n) is 2.47. The second-order valence-electron chi connectivity index (χ2n) is 5.10. The molecule has 0 fully saturated rings. The Morgan fingerprint density at radius 1 is 1.20 bits per heavy atom. The summed E-state index contributed by atoms with van der Waals surface area (Å²) in [7, 11) is 5.95. The van der Waals surface area contributed by atoms with Crippen LogP contribution < -0.4 is 5.32 Å². The van der Waals surface area contributed by atoms with Gasteiger partial charge in [0.2, 0.25) is 0 Å². The number of benzene rings is 1. The molecular weight excluding hydrogens is 250 g/mol. The van der Waals surface area contributed by atoms with Crippen molar-refractivity contribution in [1.82, 2.24) is 24.6 Å². The average molecular weight is 269 g/mol. The summed E-state index contributed by atoms with van der Waals surface area (Å²) in [6, 6.07) is 8.44. The SMILES string of the molecule is CNCc1cc(-c2ccc3c(c2)nc(C)n3C)nn1C. The Balaban J connectivity index is 2.07. The first-order chi connectivity index (χ1) is 9.60. The first-order valence-electron chi connectivity index (χ1n) is 6.71. The zero-order chi connectivity index (χ0) is 14.3. The third-order valence-electron chi connectivity index (χ3n) is 3.73. The van der Waals surface area contributed by atoms with E-state index in [2.05, 4.69) is 44.2 Å². The summed E-state index contributed by atoms with van der Waals surface area (Å²) < 4.78 is 4.02. The van der Waals surface area contributed by atoms with Gasteiger partial charge in [0.15, 0.2) is 0 Å². The highest BCUT2D eigenvalue weighted by atomic mass is 15.3. The first kappa shape index (κ1) is 12.9. The summed E-state index contributed by atoms with van der Waals surface area (Å²) in [6.45, 7) is 2.83. The van der Waals surface area contributed by atoms with Crippen molar-refractivity contribution in [1.29, 1.82) is 0 Å². The van der Waals surface area contributed by atoms with Crippen LogP contribution in [0.15, 0.2) is 24.3 Å². The van der Waals surface area contributed by atoms with Gasteiger partial charge in [-0.25, -0.2) is 4.98 Å². The van der Waals surface area contributed by atoms with E-state index in [1.165, 1.54) is 5.69 Å². The number of fused-ring (bicyclic) bond motifs is 1. The maximum absolute atomic E-state index is 4.58. The van der Waals surface area contributed by atoms with E-state index in [-0.39, 0.29) is 0 Å². The van der Waals surface area contributed by atoms with E-state index in [0.717, 1.165) is 34.7 Å². The Hall–Kier alpha value is -2.14. The van der Waals surface area contributed by atoms with E-state index in [9.17, 15) is 0 Å². The van der Waals surface area contributed by atoms with Gasteiger partial charge in [-0.2, -0.15) is 5.10 Å². The summed E-state index contributed by atoms with van der Waals surface area (Å²) in [6.07, 6.45) is 0. The van der Waals surface area contributed by atoms with Crippen molar-refractivity contribution in [3.8, 4) is 11.3 Å². The van der Waals surface area contributed by atoms with Crippen LogP contribution in [0.25, 0.3) is 22.3 Å². The van der Waals surface area contributed by atoms with Crippen molar-refractivity contribution < 1.29 is 0 Å². The molecule has 3 rings (SSSR count). The molecule has 0 aliphatic carbocycles. The standard InChI is InChI=1S/C15H19N5/c1-10-17-14-7-11(5-6-15(14)19(10)3)13-8-12(9-16-2)20(4)18-13/h5-8,16H,9H2,1-4H3. The largest absolute Gasteiger partial charge is 0.331 e. The molecule has 0 saturated carbocycles. The highest BCUT2D eigenvalue weighted by Gasteiger charge is 2.10. The van der Waals surface area contributed by atoms with Crippen molar-refractivity contribution in [2.45, 2.75) is 13.5 Å². The van der Waals surface area contributed by atoms with Gasteiger partial charge in [0, 0.05) is 26.2 Å². The monoisotopic (exact) mass is 269 g/mol. The number of hydrogen-bond acceptors (Lipinski definition) is 3. The molecule has 1 aromatic carbocycles. The van der Waals surface area contributed by atoms with Crippen LogP contribution in [0, 0.1) is 6.92 Å². The molecule has 0 spiro atoms. The molecular formula is C15H19N5. The van der Waals surface area contributed by atoms with Crippen LogP contribution in [0.1, 0.15) is 11.5 Å². The van der Waals surface area contributed by atoms with Crippen LogP contribution in [-0.4, -0.2) is 26.4 Å². The maximum atomic E-state index is 4.58. The van der Waals surface area contributed by atoms with Gasteiger partial charge in [-0.3, -0.25) is 4.68 Å². The number of aryl methyl sites for hydroxylation is 3. The molecule has 0 amide bonds. The molecule has 0 atom stereocenters. The topological polar surface area (TPSA) is 47.7 Å². The molecule has 2 aromatic heterocycles. The van der Waals surface area contributed by atoms with Crippen molar-refractivity contribution in [3.05, 3.63) is 35.8 Å². The van der Waals surface area contributed by atoms with Gasteiger partial charge < -0.3 is 9.88 Å². The van der Waals surface area contributed by atoms with Crippen molar-refractivity contribution in [2.75, 3.05) is 7.05 Å². The summed E-state index contributed by atoms with van der Waals surface area (Å²) in [5.74, 6) is 1.02. The third kappa shape index (κ3) is 2.00. The Bertz CT molecular complexity index is 766. The molecule has 3 aromatic rings. The summed E-state index contributed by atoms with van der Waals surface area (Å²) in [5, 5.41) is 7.73. The lowest BCUT2D eigenvalue weighted by molar-refractivity contribution is 0.673. The molecule has 20 heavy (non-hydrogen) atoms. The zero-order valence-corrected chi connectivity index (χ0v) is 12.3. The fraction of sp³-hybridized carbons (Fsp3) is 0.333. The minimum Gasteiger partial charge on any atom is -0.331 e. The lowest BCUT2D eigenvalue weighted by Gasteiger charge is -1.98. The number of rotatable bonds is 3. The van der Waals surface area contributed by atoms with Crippen LogP contribution in [-0.2, 0) is 20.6 Å². The second-order valence-corrected chi connectivity index (χ2v) is 5.10. The highest BCUT2D eigenvalue weighted by Crippen LogP contribution is 2.24. The van der Waals surface area contributed by atoms with Crippen LogP contribution >= 0.6 is 0 Å². The third-order valence-corrected chi connectivity index (χ3v) is 3.73. The second kappa shape index (κ2) is 4.76. The lowest BCUT2D eigenvalue weighted by atomic mass is 10.1. The number of hydrogen-bond donors (Lipinski definition) is 1. The molecule has 0 aliphatic rings. The molecule has 0 saturated heterocycles. The van der Waals surface area contributed by atoms with E-state index in [4.69, 9.17) is 0 Å². The molecule has 2 heterocycles. The highest BCUT2D eigenvalue weighted by molar-refractivity contribution is 5.81. The first-order valence-corrected chi connectivity index (χ1v) is 6.71. The molecule has 5 nitrogen and oxygen atoms in total. The van der Waals surface area contributed by atoms with E-state index in [0.29, 0.717) is 0 Å². The van der Waals surface area contributed by atoms with Crippen LogP contribution in [0.3, 0.4) is 0 Å². The van der Waals surface area contributed by atoms with E-state index in [1.807, 2.05) is 32.7 Å². The van der Waals surface area contributed by atoms with Gasteiger partial charge in [-0.1, -0.05) is 6.07 Å². The van der Waals surface area contributed by atoms with Gasteiger partial charge in [0.25, 0.3) is 0 Å². The predicted molar refractivity (Wildman–Crippen MR) is 80.4 cm³/mol. The Morgan fingerprint density at radius 3 is 2.75 bits per heavy atom. The molecule has 0 radical (unpaired) electrons. The van der Waals surface area contributed by atoms with Gasteiger partial charge in [0.05, 0.1) is 22.4 Å². The lowest BCUT2D eigenvalue weighted by Crippen LogP contribution is -2.09.